The van der Waals surface area contributed by atoms with Crippen LogP contribution in [0.15, 0.2) is 35.1 Å². The number of aromatic hydroxyl groups is 1. The smallest absolute Gasteiger partial charge is 0.305 e. The average molecular weight is 683 g/mol. The highest BCUT2D eigenvalue weighted by Crippen LogP contribution is 2.35. The molecule has 3 N–H and O–H groups in total. The summed E-state index contributed by atoms with van der Waals surface area (Å²) in [5.41, 5.74) is 2.49. The number of aliphatic hydroxyl groups excluding tert-OH is 1. The quantitative estimate of drug-likeness (QED) is 0.169. The molecule has 4 heterocycles. The van der Waals surface area contributed by atoms with E-state index in [4.69, 9.17) is 4.74 Å². The number of benzene rings is 2. The van der Waals surface area contributed by atoms with Gasteiger partial charge in [0.2, 0.25) is 0 Å². The number of piperidine rings is 1. The fraction of sp³-hybridized carbons (Fsp3) is 0.514. The normalized spacial score (nSPS) is 17.6. The molecule has 2 aromatic heterocycles. The Balaban J connectivity index is 1.000. The van der Waals surface area contributed by atoms with E-state index in [0.717, 1.165) is 47.2 Å². The highest BCUT2D eigenvalue weighted by atomic mass is 32.1. The molecule has 1 spiro atoms. The predicted molar refractivity (Wildman–Crippen MR) is 183 cm³/mol. The molecule has 2 saturated heterocycles. The minimum absolute atomic E-state index is 0.0131. The Morgan fingerprint density at radius 1 is 1.13 bits per heavy atom. The molecule has 2 aliphatic rings. The van der Waals surface area contributed by atoms with Crippen LogP contribution in [-0.4, -0.2) is 74.3 Å². The number of morpholine rings is 1. The Hall–Kier alpha value is -3.16. The fourth-order valence-corrected chi connectivity index (χ4v) is 8.58. The van der Waals surface area contributed by atoms with E-state index < -0.39 is 6.10 Å². The highest BCUT2D eigenvalue weighted by Gasteiger charge is 2.41. The van der Waals surface area contributed by atoms with Crippen molar-refractivity contribution in [2.75, 3.05) is 32.8 Å². The molecule has 2 aliphatic heterocycles. The molecular formula is C35H43FN4O5S2. The lowest BCUT2D eigenvalue weighted by Gasteiger charge is -2.47. The van der Waals surface area contributed by atoms with Gasteiger partial charge in [-0.2, -0.15) is 0 Å². The summed E-state index contributed by atoms with van der Waals surface area (Å²) in [4.78, 5) is 37.4. The van der Waals surface area contributed by atoms with E-state index in [-0.39, 0.29) is 33.9 Å². The lowest BCUT2D eigenvalue weighted by Crippen LogP contribution is -2.58. The molecule has 2 aromatic carbocycles. The number of aryl methyl sites for hydroxylation is 2. The number of phenols is 1. The average Bonchev–Trinajstić information content (AvgIpc) is 3.65. The zero-order chi connectivity index (χ0) is 33.3. The molecule has 252 valence electrons. The van der Waals surface area contributed by atoms with Crippen LogP contribution in [0.5, 0.6) is 5.75 Å². The molecule has 4 aromatic rings. The number of aromatic amines is 1. The third-order valence-electron chi connectivity index (χ3n) is 9.49. The highest BCUT2D eigenvalue weighted by molar-refractivity contribution is 7.16. The van der Waals surface area contributed by atoms with E-state index in [2.05, 4.69) is 28.7 Å². The molecule has 1 amide bonds. The molecule has 0 unspecified atom stereocenters. The van der Waals surface area contributed by atoms with Crippen LogP contribution in [0.3, 0.4) is 0 Å². The minimum Gasteiger partial charge on any atom is -0.506 e. The van der Waals surface area contributed by atoms with Crippen LogP contribution in [0.2, 0.25) is 0 Å². The number of halogens is 1. The number of H-pyrrole nitrogens is 1. The van der Waals surface area contributed by atoms with Crippen molar-refractivity contribution >= 4 is 38.8 Å². The molecule has 0 bridgehead atoms. The monoisotopic (exact) mass is 682 g/mol. The molecule has 0 radical (unpaired) electrons. The lowest BCUT2D eigenvalue weighted by molar-refractivity contribution is -0.128. The summed E-state index contributed by atoms with van der Waals surface area (Å²) in [6.07, 6.45) is 3.20. The number of amides is 1. The summed E-state index contributed by atoms with van der Waals surface area (Å²) in [6.45, 7) is 9.81. The van der Waals surface area contributed by atoms with Gasteiger partial charge in [-0.1, -0.05) is 55.9 Å². The van der Waals surface area contributed by atoms with Crippen LogP contribution < -0.4 is 4.87 Å². The molecule has 6 rings (SSSR count). The summed E-state index contributed by atoms with van der Waals surface area (Å²) in [5.74, 6) is 0.0870. The number of nitrogens with zero attached hydrogens (tertiary/aromatic N) is 3. The molecule has 0 aliphatic carbocycles. The first-order valence-electron chi connectivity index (χ1n) is 16.5. The third-order valence-corrected chi connectivity index (χ3v) is 11.7. The molecule has 1 atom stereocenters. The number of phenolic OH excluding ortho intramolecular Hbond substituents is 1. The molecule has 0 saturated carbocycles. The Kier molecular flexibility index (Phi) is 10.1. The second-order valence-electron chi connectivity index (χ2n) is 13.2. The number of hydrogen-bond acceptors (Lipinski definition) is 9. The topological polar surface area (TPSA) is 119 Å². The van der Waals surface area contributed by atoms with Crippen LogP contribution in [0.25, 0.3) is 10.2 Å². The van der Waals surface area contributed by atoms with Crippen molar-refractivity contribution in [3.05, 3.63) is 78.1 Å². The summed E-state index contributed by atoms with van der Waals surface area (Å²) in [6, 6.07) is 8.73. The number of likely N-dealkylation sites (tertiary alicyclic amines) is 1. The SMILES string of the molecule is Cc1sc(C(C)C)nc1C(=O)N1CCOC2(CCN(Cc3cccc(CCCC[C@H](O)c4ccc(O)c5[nH]c(=O)sc45)c3F)CC2)C1. The Bertz CT molecular complexity index is 1790. The number of hydrogen-bond donors (Lipinski definition) is 3. The predicted octanol–water partition coefficient (Wildman–Crippen LogP) is 6.28. The first-order chi connectivity index (χ1) is 22.5. The molecule has 9 nitrogen and oxygen atoms in total. The maximum absolute atomic E-state index is 15.6. The number of thiazole rings is 2. The van der Waals surface area contributed by atoms with Gasteiger partial charge in [-0.05, 0) is 50.7 Å². The number of rotatable bonds is 10. The van der Waals surface area contributed by atoms with E-state index in [0.29, 0.717) is 84.5 Å². The van der Waals surface area contributed by atoms with Crippen molar-refractivity contribution in [1.82, 2.24) is 19.8 Å². The molecule has 47 heavy (non-hydrogen) atoms. The van der Waals surface area contributed by atoms with E-state index >= 15 is 4.39 Å². The van der Waals surface area contributed by atoms with E-state index in [9.17, 15) is 19.8 Å². The summed E-state index contributed by atoms with van der Waals surface area (Å²) in [5, 5.41) is 21.8. The fourth-order valence-electron chi connectivity index (χ4n) is 6.75. The van der Waals surface area contributed by atoms with Gasteiger partial charge in [0.25, 0.3) is 5.91 Å². The number of aromatic nitrogens is 2. The van der Waals surface area contributed by atoms with Crippen molar-refractivity contribution in [2.45, 2.75) is 83.5 Å². The van der Waals surface area contributed by atoms with Gasteiger partial charge in [0.05, 0.1) is 34.6 Å². The minimum atomic E-state index is -0.782. The second-order valence-corrected chi connectivity index (χ2v) is 15.4. The Morgan fingerprint density at radius 3 is 2.64 bits per heavy atom. The zero-order valence-corrected chi connectivity index (χ0v) is 28.8. The second kappa shape index (κ2) is 14.1. The van der Waals surface area contributed by atoms with Crippen LogP contribution in [-0.2, 0) is 17.7 Å². The van der Waals surface area contributed by atoms with Crippen LogP contribution in [0.1, 0.15) is 95.0 Å². The van der Waals surface area contributed by atoms with Gasteiger partial charge in [0, 0.05) is 48.1 Å². The summed E-state index contributed by atoms with van der Waals surface area (Å²) < 4.78 is 22.5. The number of aliphatic hydroxyl groups is 1. The Labute approximate surface area is 282 Å². The number of unbranched alkanes of at least 4 members (excludes halogenated alkanes) is 1. The number of carbonyl (C=O) groups is 1. The van der Waals surface area contributed by atoms with Gasteiger partial charge in [-0.3, -0.25) is 14.5 Å². The van der Waals surface area contributed by atoms with E-state index in [1.807, 2.05) is 30.0 Å². The largest absolute Gasteiger partial charge is 0.506 e. The third kappa shape index (κ3) is 7.31. The maximum atomic E-state index is 15.6. The summed E-state index contributed by atoms with van der Waals surface area (Å²) in [7, 11) is 0. The van der Waals surface area contributed by atoms with E-state index in [1.165, 1.54) is 6.07 Å². The number of nitrogens with one attached hydrogen (secondary N) is 1. The number of ether oxygens (including phenoxy) is 1. The van der Waals surface area contributed by atoms with Gasteiger partial charge in [-0.15, -0.1) is 11.3 Å². The maximum Gasteiger partial charge on any atom is 0.305 e. The molecular weight excluding hydrogens is 640 g/mol. The first kappa shape index (κ1) is 33.7. The van der Waals surface area contributed by atoms with Gasteiger partial charge < -0.3 is 24.8 Å². The van der Waals surface area contributed by atoms with Gasteiger partial charge >= 0.3 is 4.87 Å². The van der Waals surface area contributed by atoms with Crippen molar-refractivity contribution < 1.29 is 24.1 Å². The van der Waals surface area contributed by atoms with Gasteiger partial charge in [-0.25, -0.2) is 9.37 Å². The summed E-state index contributed by atoms with van der Waals surface area (Å²) >= 11 is 2.57. The molecule has 2 fully saturated rings. The van der Waals surface area contributed by atoms with Crippen molar-refractivity contribution in [3.8, 4) is 5.75 Å². The van der Waals surface area contributed by atoms with Crippen molar-refractivity contribution in [1.29, 1.82) is 0 Å². The standard InChI is InChI=1S/C35H43FN4O5S2/c1-21(2)32-37-29(22(3)46-32)33(43)40-17-18-45-35(20-40)13-15-39(16-14-35)19-24-9-6-8-23(28(24)36)7-4-5-10-26(41)25-11-12-27(42)30-31(25)47-34(44)38-30/h6,8-9,11-12,21,26,41-42H,4-5,7,10,13-20H2,1-3H3,(H,38,44)/t26-/m0/s1. The Morgan fingerprint density at radius 2 is 1.89 bits per heavy atom. The van der Waals surface area contributed by atoms with E-state index in [1.54, 1.807) is 17.4 Å². The van der Waals surface area contributed by atoms with Crippen molar-refractivity contribution in [2.24, 2.45) is 0 Å². The zero-order valence-electron chi connectivity index (χ0n) is 27.2. The van der Waals surface area contributed by atoms with Gasteiger partial charge in [0.1, 0.15) is 22.8 Å². The van der Waals surface area contributed by atoms with Crippen LogP contribution in [0, 0.1) is 12.7 Å². The number of fused-ring (bicyclic) bond motifs is 1. The van der Waals surface area contributed by atoms with Crippen molar-refractivity contribution in [3.63, 3.8) is 0 Å². The van der Waals surface area contributed by atoms with Gasteiger partial charge in [0.15, 0.2) is 0 Å². The molecule has 12 heteroatoms. The van der Waals surface area contributed by atoms with Crippen LogP contribution in [0.4, 0.5) is 4.39 Å². The van der Waals surface area contributed by atoms with Crippen LogP contribution >= 0.6 is 22.7 Å². The number of carbonyl (C=O) groups excluding carboxylic acids is 1. The first-order valence-corrected chi connectivity index (χ1v) is 18.1. The lowest BCUT2D eigenvalue weighted by atomic mass is 9.89.